The zero-order valence-electron chi connectivity index (χ0n) is 49.7. The highest BCUT2D eigenvalue weighted by Gasteiger charge is 2.34. The molecule has 0 nitrogen and oxygen atoms in total. The van der Waals surface area contributed by atoms with Crippen molar-refractivity contribution >= 4 is 0 Å². The molecule has 0 N–H and O–H groups in total. The molecule has 6 saturated carbocycles. The minimum Gasteiger partial charge on any atom is -0.204 e. The van der Waals surface area contributed by atoms with E-state index >= 15 is 0 Å². The summed E-state index contributed by atoms with van der Waals surface area (Å²) in [6.45, 7) is 7.14. The van der Waals surface area contributed by atoms with Gasteiger partial charge in [-0.3, -0.25) is 0 Å². The minimum atomic E-state index is -1.41. The molecule has 0 aliphatic heterocycles. The fourth-order valence-corrected chi connectivity index (χ4v) is 16.1. The van der Waals surface area contributed by atoms with Gasteiger partial charge in [0.1, 0.15) is 0 Å². The molecular weight excluding hydrogens is 1070 g/mol. The summed E-state index contributed by atoms with van der Waals surface area (Å²) < 4.78 is 120. The maximum absolute atomic E-state index is 13.5. The van der Waals surface area contributed by atoms with Crippen molar-refractivity contribution in [2.24, 2.45) is 53.3 Å². The summed E-state index contributed by atoms with van der Waals surface area (Å²) >= 11 is 0. The van der Waals surface area contributed by atoms with Crippen molar-refractivity contribution < 1.29 is 39.5 Å². The minimum absolute atomic E-state index is 0.373. The van der Waals surface area contributed by atoms with E-state index in [0.29, 0.717) is 51.1 Å². The van der Waals surface area contributed by atoms with Crippen molar-refractivity contribution in [3.63, 3.8) is 0 Å². The Kier molecular flexibility index (Phi) is 20.9. The Morgan fingerprint density at radius 1 is 0.214 bits per heavy atom. The Balaban J connectivity index is 0.000000140. The molecule has 450 valence electrons. The fourth-order valence-electron chi connectivity index (χ4n) is 16.1. The van der Waals surface area contributed by atoms with Gasteiger partial charge < -0.3 is 0 Å². The number of hydrogen-bond donors (Lipinski definition) is 0. The highest BCUT2D eigenvalue weighted by molar-refractivity contribution is 5.66. The first-order chi connectivity index (χ1) is 40.5. The summed E-state index contributed by atoms with van der Waals surface area (Å²) in [5, 5.41) is 0. The number of rotatable bonds is 9. The van der Waals surface area contributed by atoms with Crippen molar-refractivity contribution in [3.05, 3.63) is 178 Å². The Hall–Kier alpha value is -5.31. The van der Waals surface area contributed by atoms with E-state index in [2.05, 4.69) is 57.2 Å². The first-order valence-corrected chi connectivity index (χ1v) is 32.3. The van der Waals surface area contributed by atoms with E-state index in [-0.39, 0.29) is 0 Å². The summed E-state index contributed by atoms with van der Waals surface area (Å²) in [7, 11) is 0. The predicted octanol–water partition coefficient (Wildman–Crippen LogP) is 23.6. The molecular formula is C75H87F9. The standard InChI is InChI=1S/3C25H29F3/c3*1-16-2-4-17(5-3-16)18-6-8-19(9-7-18)20-10-12-21(13-11-20)22-14-23(26)25(28)24(27)15-22/h3*10-19H,2-9H2,1H3. The lowest BCUT2D eigenvalue weighted by molar-refractivity contribution is 0.165. The normalized spacial score (nSPS) is 28.3. The Morgan fingerprint density at radius 3 is 0.560 bits per heavy atom. The quantitative estimate of drug-likeness (QED) is 0.1000. The summed E-state index contributed by atoms with van der Waals surface area (Å²) in [5.74, 6) is -1.14. The summed E-state index contributed by atoms with van der Waals surface area (Å²) in [6, 6.07) is 30.2. The Morgan fingerprint density at radius 2 is 0.381 bits per heavy atom. The number of benzene rings is 6. The molecule has 0 radical (unpaired) electrons. The Bertz CT molecular complexity index is 2650. The van der Waals surface area contributed by atoms with Crippen LogP contribution in [0.2, 0.25) is 0 Å². The molecule has 6 aliphatic rings. The van der Waals surface area contributed by atoms with Crippen molar-refractivity contribution in [1.29, 1.82) is 0 Å². The van der Waals surface area contributed by atoms with Gasteiger partial charge in [-0.2, -0.15) is 0 Å². The van der Waals surface area contributed by atoms with Crippen LogP contribution in [0.15, 0.2) is 109 Å². The summed E-state index contributed by atoms with van der Waals surface area (Å²) in [4.78, 5) is 0. The van der Waals surface area contributed by atoms with Crippen LogP contribution < -0.4 is 0 Å². The van der Waals surface area contributed by atoms with Gasteiger partial charge in [0.05, 0.1) is 0 Å². The van der Waals surface area contributed by atoms with Crippen molar-refractivity contribution in [3.8, 4) is 33.4 Å². The van der Waals surface area contributed by atoms with Crippen LogP contribution in [0.1, 0.15) is 209 Å². The summed E-state index contributed by atoms with van der Waals surface area (Å²) in [5.41, 5.74) is 7.19. The lowest BCUT2D eigenvalue weighted by Crippen LogP contribution is -2.24. The van der Waals surface area contributed by atoms with Crippen molar-refractivity contribution in [2.75, 3.05) is 0 Å². The first kappa shape index (κ1) is 61.8. The number of halogens is 9. The van der Waals surface area contributed by atoms with Crippen LogP contribution in [-0.4, -0.2) is 0 Å². The fraction of sp³-hybridized carbons (Fsp3) is 0.520. The third-order valence-electron chi connectivity index (χ3n) is 21.6. The highest BCUT2D eigenvalue weighted by atomic mass is 19.2. The third kappa shape index (κ3) is 15.4. The molecule has 0 bridgehead atoms. The average Bonchev–Trinajstić information content (AvgIpc) is 3.67. The molecule has 6 aliphatic carbocycles. The monoisotopic (exact) mass is 1160 g/mol. The molecule has 0 unspecified atom stereocenters. The van der Waals surface area contributed by atoms with Gasteiger partial charge >= 0.3 is 0 Å². The molecule has 12 rings (SSSR count). The Labute approximate surface area is 494 Å². The van der Waals surface area contributed by atoms with E-state index in [1.54, 1.807) is 0 Å². The second-order valence-electron chi connectivity index (χ2n) is 27.0. The maximum Gasteiger partial charge on any atom is 0.194 e. The van der Waals surface area contributed by atoms with Crippen molar-refractivity contribution in [2.45, 2.75) is 193 Å². The van der Waals surface area contributed by atoms with Gasteiger partial charge in [0.2, 0.25) is 0 Å². The van der Waals surface area contributed by atoms with Crippen LogP contribution in [0.4, 0.5) is 39.5 Å². The zero-order chi connectivity index (χ0) is 59.0. The molecule has 0 amide bonds. The molecule has 0 spiro atoms. The molecule has 0 atom stereocenters. The van der Waals surface area contributed by atoms with Gasteiger partial charge in [0, 0.05) is 0 Å². The molecule has 6 aromatic rings. The van der Waals surface area contributed by atoms with E-state index in [0.717, 1.165) is 89.7 Å². The predicted molar refractivity (Wildman–Crippen MR) is 323 cm³/mol. The molecule has 6 fully saturated rings. The lowest BCUT2D eigenvalue weighted by atomic mass is 9.68. The van der Waals surface area contributed by atoms with Gasteiger partial charge in [-0.25, -0.2) is 39.5 Å². The second kappa shape index (κ2) is 28.5. The first-order valence-electron chi connectivity index (χ1n) is 32.3. The van der Waals surface area contributed by atoms with Crippen LogP contribution >= 0.6 is 0 Å². The van der Waals surface area contributed by atoms with E-state index in [4.69, 9.17) is 0 Å². The molecule has 0 aromatic heterocycles. The van der Waals surface area contributed by atoms with Crippen LogP contribution in [0, 0.1) is 106 Å². The molecule has 9 heteroatoms. The van der Waals surface area contributed by atoms with E-state index in [1.165, 1.54) is 171 Å². The van der Waals surface area contributed by atoms with Gasteiger partial charge in [-0.1, -0.05) is 132 Å². The van der Waals surface area contributed by atoms with Crippen LogP contribution in [0.25, 0.3) is 33.4 Å². The van der Waals surface area contributed by atoms with Gasteiger partial charge in [0.15, 0.2) is 52.4 Å². The van der Waals surface area contributed by atoms with Gasteiger partial charge in [0.25, 0.3) is 0 Å². The smallest absolute Gasteiger partial charge is 0.194 e. The molecule has 0 heterocycles. The van der Waals surface area contributed by atoms with E-state index < -0.39 is 52.4 Å². The second-order valence-corrected chi connectivity index (χ2v) is 27.0. The summed E-state index contributed by atoms with van der Waals surface area (Å²) in [6.07, 6.45) is 32.2. The van der Waals surface area contributed by atoms with Gasteiger partial charge in [-0.15, -0.1) is 0 Å². The van der Waals surface area contributed by atoms with Crippen molar-refractivity contribution in [1.82, 2.24) is 0 Å². The maximum atomic E-state index is 13.5. The van der Waals surface area contributed by atoms with Crippen LogP contribution in [0.3, 0.4) is 0 Å². The topological polar surface area (TPSA) is 0 Å². The largest absolute Gasteiger partial charge is 0.204 e. The third-order valence-corrected chi connectivity index (χ3v) is 21.6. The SMILES string of the molecule is CC1CCC(C2CCC(c3ccc(-c4cc(F)c(F)c(F)c4)cc3)CC2)CC1.CC1CCC(C2CCC(c3ccc(-c4cc(F)c(F)c(F)c4)cc3)CC2)CC1.CC1CCC(C2CCC(c3ccc(-c4cc(F)c(F)c(F)c4)cc3)CC2)CC1. The van der Waals surface area contributed by atoms with E-state index in [9.17, 15) is 39.5 Å². The molecule has 0 saturated heterocycles. The molecule has 6 aromatic carbocycles. The van der Waals surface area contributed by atoms with Crippen LogP contribution in [-0.2, 0) is 0 Å². The molecule has 84 heavy (non-hydrogen) atoms. The van der Waals surface area contributed by atoms with E-state index in [1.807, 2.05) is 36.4 Å². The van der Waals surface area contributed by atoms with Crippen LogP contribution in [0.5, 0.6) is 0 Å². The zero-order valence-corrected chi connectivity index (χ0v) is 49.7. The lowest BCUT2D eigenvalue weighted by Gasteiger charge is -2.37. The van der Waals surface area contributed by atoms with Gasteiger partial charge in [-0.05, 0) is 273 Å². The number of hydrogen-bond acceptors (Lipinski definition) is 0. The highest BCUT2D eigenvalue weighted by Crippen LogP contribution is 2.47. The average molecular weight is 1160 g/mol.